The molecule has 3 rings (SSSR count). The van der Waals surface area contributed by atoms with Gasteiger partial charge in [0.25, 0.3) is 0 Å². The number of aromatic carboxylic acids is 1. The first kappa shape index (κ1) is 13.1. The van der Waals surface area contributed by atoms with Gasteiger partial charge in [-0.25, -0.2) is 13.2 Å². The van der Waals surface area contributed by atoms with Crippen LogP contribution < -0.4 is 0 Å². The first-order valence-electron chi connectivity index (χ1n) is 6.24. The molecule has 1 aliphatic rings. The van der Waals surface area contributed by atoms with Crippen LogP contribution in [-0.2, 0) is 22.0 Å². The zero-order chi connectivity index (χ0) is 14.5. The summed E-state index contributed by atoms with van der Waals surface area (Å²) in [5, 5.41) is 9.99. The fraction of sp³-hybridized carbons (Fsp3) is 0.286. The standard InChI is InChI=1S/C14H13NO4S/c1-8-3-2-4-9-12(14(16)17)10-7-20(18,19)6-5-11(10)15-13(8)9/h2-4H,5-7H2,1H3,(H,16,17). The van der Waals surface area contributed by atoms with E-state index in [1.165, 1.54) is 0 Å². The SMILES string of the molecule is Cc1cccc2c(C(=O)O)c3c(nc12)CCS(=O)(=O)C3. The summed E-state index contributed by atoms with van der Waals surface area (Å²) in [6.45, 7) is 1.87. The molecule has 2 aromatic rings. The summed E-state index contributed by atoms with van der Waals surface area (Å²) >= 11 is 0. The van der Waals surface area contributed by atoms with Crippen molar-refractivity contribution in [3.05, 3.63) is 40.6 Å². The molecule has 1 aromatic heterocycles. The van der Waals surface area contributed by atoms with E-state index in [-0.39, 0.29) is 23.5 Å². The number of sulfone groups is 1. The number of carboxylic acid groups (broad SMARTS) is 1. The van der Waals surface area contributed by atoms with Crippen molar-refractivity contribution in [3.8, 4) is 0 Å². The van der Waals surface area contributed by atoms with E-state index in [2.05, 4.69) is 4.98 Å². The number of hydrogen-bond acceptors (Lipinski definition) is 4. The quantitative estimate of drug-likeness (QED) is 0.864. The Morgan fingerprint density at radius 1 is 1.35 bits per heavy atom. The fourth-order valence-electron chi connectivity index (χ4n) is 2.67. The van der Waals surface area contributed by atoms with Crippen molar-refractivity contribution < 1.29 is 18.3 Å². The number of nitrogens with zero attached hydrogens (tertiary/aromatic N) is 1. The summed E-state index contributed by atoms with van der Waals surface area (Å²) in [5.41, 5.74) is 2.56. The molecule has 0 amide bonds. The van der Waals surface area contributed by atoms with E-state index in [9.17, 15) is 18.3 Å². The van der Waals surface area contributed by atoms with Crippen molar-refractivity contribution in [2.24, 2.45) is 0 Å². The van der Waals surface area contributed by atoms with Crippen LogP contribution in [0.5, 0.6) is 0 Å². The predicted octanol–water partition coefficient (Wildman–Crippen LogP) is 1.71. The zero-order valence-electron chi connectivity index (χ0n) is 10.9. The zero-order valence-corrected chi connectivity index (χ0v) is 11.7. The molecule has 0 spiro atoms. The van der Waals surface area contributed by atoms with Gasteiger partial charge < -0.3 is 5.11 Å². The number of para-hydroxylation sites is 1. The van der Waals surface area contributed by atoms with E-state index in [1.807, 2.05) is 13.0 Å². The summed E-state index contributed by atoms with van der Waals surface area (Å²) in [7, 11) is -3.23. The van der Waals surface area contributed by atoms with Crippen molar-refractivity contribution in [1.82, 2.24) is 4.98 Å². The molecule has 104 valence electrons. The van der Waals surface area contributed by atoms with Crippen LogP contribution in [0, 0.1) is 6.92 Å². The van der Waals surface area contributed by atoms with Gasteiger partial charge in [-0.2, -0.15) is 0 Å². The van der Waals surface area contributed by atoms with Crippen LogP contribution in [0.2, 0.25) is 0 Å². The van der Waals surface area contributed by atoms with Gasteiger partial charge in [-0.3, -0.25) is 4.98 Å². The van der Waals surface area contributed by atoms with Crippen molar-refractivity contribution in [1.29, 1.82) is 0 Å². The highest BCUT2D eigenvalue weighted by atomic mass is 32.2. The average Bonchev–Trinajstić information content (AvgIpc) is 2.35. The molecular weight excluding hydrogens is 278 g/mol. The van der Waals surface area contributed by atoms with Crippen LogP contribution in [0.4, 0.5) is 0 Å². The van der Waals surface area contributed by atoms with Gasteiger partial charge in [0.2, 0.25) is 0 Å². The number of benzene rings is 1. The van der Waals surface area contributed by atoms with Gasteiger partial charge in [-0.05, 0) is 12.5 Å². The summed E-state index contributed by atoms with van der Waals surface area (Å²) in [4.78, 5) is 16.1. The Kier molecular flexibility index (Phi) is 2.79. The topological polar surface area (TPSA) is 84.3 Å². The van der Waals surface area contributed by atoms with E-state index >= 15 is 0 Å². The molecule has 0 saturated heterocycles. The highest BCUT2D eigenvalue weighted by Gasteiger charge is 2.29. The molecule has 5 nitrogen and oxygen atoms in total. The summed E-state index contributed by atoms with van der Waals surface area (Å²) in [6.07, 6.45) is 0.280. The maximum atomic E-state index is 11.8. The van der Waals surface area contributed by atoms with Crippen molar-refractivity contribution in [3.63, 3.8) is 0 Å². The van der Waals surface area contributed by atoms with Crippen LogP contribution >= 0.6 is 0 Å². The second-order valence-corrected chi connectivity index (χ2v) is 7.21. The van der Waals surface area contributed by atoms with E-state index in [0.29, 0.717) is 22.2 Å². The number of hydrogen-bond donors (Lipinski definition) is 1. The minimum atomic E-state index is -3.23. The largest absolute Gasteiger partial charge is 0.478 e. The Morgan fingerprint density at radius 2 is 2.10 bits per heavy atom. The molecule has 0 aliphatic carbocycles. The normalized spacial score (nSPS) is 16.9. The number of aromatic nitrogens is 1. The minimum absolute atomic E-state index is 0.0312. The lowest BCUT2D eigenvalue weighted by molar-refractivity contribution is 0.0698. The number of rotatable bonds is 1. The highest BCUT2D eigenvalue weighted by molar-refractivity contribution is 7.90. The molecule has 0 bridgehead atoms. The van der Waals surface area contributed by atoms with Crippen molar-refractivity contribution in [2.45, 2.75) is 19.1 Å². The van der Waals surface area contributed by atoms with Gasteiger partial charge in [0.05, 0.1) is 22.6 Å². The van der Waals surface area contributed by atoms with Crippen molar-refractivity contribution in [2.75, 3.05) is 5.75 Å². The molecule has 0 unspecified atom stereocenters. The lowest BCUT2D eigenvalue weighted by Gasteiger charge is -2.19. The molecule has 0 saturated carbocycles. The second-order valence-electron chi connectivity index (χ2n) is 5.03. The molecule has 0 atom stereocenters. The van der Waals surface area contributed by atoms with Gasteiger partial charge in [0.15, 0.2) is 9.84 Å². The molecule has 0 fully saturated rings. The number of fused-ring (bicyclic) bond motifs is 2. The summed E-state index contributed by atoms with van der Waals surface area (Å²) < 4.78 is 23.5. The number of carboxylic acids is 1. The van der Waals surface area contributed by atoms with Gasteiger partial charge in [0.1, 0.15) is 0 Å². The van der Waals surface area contributed by atoms with E-state index in [1.54, 1.807) is 12.1 Å². The van der Waals surface area contributed by atoms with Crippen LogP contribution in [0.1, 0.15) is 27.2 Å². The highest BCUT2D eigenvalue weighted by Crippen LogP contribution is 2.30. The lowest BCUT2D eigenvalue weighted by atomic mass is 9.98. The van der Waals surface area contributed by atoms with Crippen LogP contribution in [0.15, 0.2) is 18.2 Å². The molecule has 1 aliphatic heterocycles. The van der Waals surface area contributed by atoms with Gasteiger partial charge >= 0.3 is 5.97 Å². The molecule has 1 aromatic carbocycles. The first-order valence-corrected chi connectivity index (χ1v) is 8.06. The Balaban J connectivity index is 2.44. The molecule has 6 heteroatoms. The van der Waals surface area contributed by atoms with Crippen LogP contribution in [-0.4, -0.2) is 30.2 Å². The maximum Gasteiger partial charge on any atom is 0.336 e. The number of aryl methyl sites for hydroxylation is 2. The fourth-order valence-corrected chi connectivity index (χ4v) is 4.07. The molecule has 1 N–H and O–H groups in total. The molecule has 0 radical (unpaired) electrons. The third-order valence-corrected chi connectivity index (χ3v) is 5.19. The summed E-state index contributed by atoms with van der Waals surface area (Å²) in [5.74, 6) is -1.30. The van der Waals surface area contributed by atoms with Crippen molar-refractivity contribution >= 4 is 26.7 Å². The third-order valence-electron chi connectivity index (χ3n) is 3.63. The van der Waals surface area contributed by atoms with Crippen LogP contribution in [0.3, 0.4) is 0 Å². The molecule has 2 heterocycles. The number of pyridine rings is 1. The molecular formula is C14H13NO4S. The molecule has 20 heavy (non-hydrogen) atoms. The minimum Gasteiger partial charge on any atom is -0.478 e. The average molecular weight is 291 g/mol. The van der Waals surface area contributed by atoms with E-state index in [4.69, 9.17) is 0 Å². The first-order chi connectivity index (χ1) is 9.39. The van der Waals surface area contributed by atoms with E-state index in [0.717, 1.165) is 5.56 Å². The third kappa shape index (κ3) is 1.96. The monoisotopic (exact) mass is 291 g/mol. The maximum absolute atomic E-state index is 11.8. The smallest absolute Gasteiger partial charge is 0.336 e. The van der Waals surface area contributed by atoms with Gasteiger partial charge in [-0.15, -0.1) is 0 Å². The summed E-state index contributed by atoms with van der Waals surface area (Å²) in [6, 6.07) is 5.31. The van der Waals surface area contributed by atoms with Gasteiger partial charge in [-0.1, -0.05) is 18.2 Å². The Labute approximate surface area is 116 Å². The van der Waals surface area contributed by atoms with Gasteiger partial charge in [0, 0.05) is 23.1 Å². The Morgan fingerprint density at radius 3 is 2.80 bits per heavy atom. The second kappa shape index (κ2) is 4.28. The Bertz CT molecular complexity index is 840. The Hall–Kier alpha value is -1.95. The van der Waals surface area contributed by atoms with E-state index < -0.39 is 15.8 Å². The number of carbonyl (C=O) groups is 1. The van der Waals surface area contributed by atoms with Crippen LogP contribution in [0.25, 0.3) is 10.9 Å². The predicted molar refractivity (Wildman–Crippen MR) is 74.6 cm³/mol. The lowest BCUT2D eigenvalue weighted by Crippen LogP contribution is -2.23.